The minimum Gasteiger partial charge on any atom is -0.470 e. The number of pyridine rings is 1. The van der Waals surface area contributed by atoms with E-state index in [0.717, 1.165) is 16.6 Å². The van der Waals surface area contributed by atoms with E-state index in [2.05, 4.69) is 20.3 Å². The first-order chi connectivity index (χ1) is 12.0. The lowest BCUT2D eigenvalue weighted by atomic mass is 10.1. The van der Waals surface area contributed by atoms with Gasteiger partial charge in [-0.25, -0.2) is 4.98 Å². The smallest absolute Gasteiger partial charge is 0.373 e. The van der Waals surface area contributed by atoms with Crippen molar-refractivity contribution >= 4 is 28.1 Å². The minimum absolute atomic E-state index is 0.0632. The van der Waals surface area contributed by atoms with E-state index in [-0.39, 0.29) is 23.5 Å². The molecule has 0 aliphatic carbocycles. The number of aromatic nitrogens is 3. The molecule has 0 radical (unpaired) electrons. The third-order valence-electron chi connectivity index (χ3n) is 3.44. The zero-order valence-corrected chi connectivity index (χ0v) is 14.1. The fraction of sp³-hybridized carbons (Fsp3) is 0.235. The molecule has 25 heavy (non-hydrogen) atoms. The molecular formula is C17H17N5O3. The first-order valence-electron chi connectivity index (χ1n) is 7.75. The molecule has 0 atom stereocenters. The van der Waals surface area contributed by atoms with Gasteiger partial charge in [-0.15, -0.1) is 0 Å². The molecule has 2 aromatic heterocycles. The van der Waals surface area contributed by atoms with E-state index >= 15 is 0 Å². The number of benzene rings is 1. The summed E-state index contributed by atoms with van der Waals surface area (Å²) in [5, 5.41) is 15.4. The van der Waals surface area contributed by atoms with E-state index < -0.39 is 4.92 Å². The summed E-state index contributed by atoms with van der Waals surface area (Å²) in [6.45, 7) is 5.46. The predicted octanol–water partition coefficient (Wildman–Crippen LogP) is 3.77. The molecule has 0 unspecified atom stereocenters. The summed E-state index contributed by atoms with van der Waals surface area (Å²) in [6, 6.07) is 9.33. The first-order valence-corrected chi connectivity index (χ1v) is 7.75. The average Bonchev–Trinajstić information content (AvgIpc) is 2.54. The van der Waals surface area contributed by atoms with Gasteiger partial charge < -0.3 is 10.1 Å². The van der Waals surface area contributed by atoms with Gasteiger partial charge in [0.1, 0.15) is 6.33 Å². The van der Waals surface area contributed by atoms with Crippen LogP contribution in [-0.2, 0) is 0 Å². The Hall–Kier alpha value is -3.29. The highest BCUT2D eigenvalue weighted by Crippen LogP contribution is 2.34. The van der Waals surface area contributed by atoms with Crippen molar-refractivity contribution in [2.24, 2.45) is 0 Å². The number of anilines is 2. The maximum absolute atomic E-state index is 11.5. The summed E-state index contributed by atoms with van der Waals surface area (Å²) in [7, 11) is 0. The molecule has 0 fully saturated rings. The van der Waals surface area contributed by atoms with Crippen molar-refractivity contribution in [3.05, 3.63) is 52.5 Å². The molecule has 0 aliphatic rings. The summed E-state index contributed by atoms with van der Waals surface area (Å²) < 4.78 is 5.44. The van der Waals surface area contributed by atoms with Crippen LogP contribution < -0.4 is 10.1 Å². The van der Waals surface area contributed by atoms with Crippen LogP contribution >= 0.6 is 0 Å². The van der Waals surface area contributed by atoms with E-state index in [4.69, 9.17) is 4.74 Å². The summed E-state index contributed by atoms with van der Waals surface area (Å²) >= 11 is 0. The van der Waals surface area contributed by atoms with Gasteiger partial charge in [-0.05, 0) is 45.0 Å². The van der Waals surface area contributed by atoms with Crippen LogP contribution in [0.25, 0.3) is 10.9 Å². The molecule has 0 amide bonds. The van der Waals surface area contributed by atoms with Gasteiger partial charge in [0.15, 0.2) is 0 Å². The van der Waals surface area contributed by atoms with Crippen LogP contribution in [0, 0.1) is 17.0 Å². The third kappa shape index (κ3) is 3.47. The second-order valence-corrected chi connectivity index (χ2v) is 5.75. The van der Waals surface area contributed by atoms with Crippen LogP contribution in [-0.4, -0.2) is 26.0 Å². The molecule has 1 N–H and O–H groups in total. The number of ether oxygens (including phenoxy) is 1. The Labute approximate surface area is 144 Å². The van der Waals surface area contributed by atoms with Crippen molar-refractivity contribution < 1.29 is 9.66 Å². The zero-order valence-electron chi connectivity index (χ0n) is 14.1. The minimum atomic E-state index is -0.548. The Morgan fingerprint density at radius 2 is 2.00 bits per heavy atom. The van der Waals surface area contributed by atoms with Crippen LogP contribution in [0.3, 0.4) is 0 Å². The van der Waals surface area contributed by atoms with Gasteiger partial charge in [0, 0.05) is 16.8 Å². The summed E-state index contributed by atoms with van der Waals surface area (Å²) in [5.41, 5.74) is 2.06. The SMILES string of the molecule is Cc1ccc2c(Nc3ncnc(OC(C)C)c3[N+](=O)[O-])cccc2n1. The number of hydrogen-bond donors (Lipinski definition) is 1. The number of nitrogens with zero attached hydrogens (tertiary/aromatic N) is 4. The van der Waals surface area contributed by atoms with E-state index in [9.17, 15) is 10.1 Å². The standard InChI is InChI=1S/C17H17N5O3/c1-10(2)25-17-15(22(23)24)16(18-9-19-17)21-14-6-4-5-13-12(14)8-7-11(3)20-13/h4-10H,1-3H3,(H,18,19,21). The Balaban J connectivity index is 2.08. The van der Waals surface area contributed by atoms with Crippen molar-refractivity contribution in [1.82, 2.24) is 15.0 Å². The molecule has 3 rings (SSSR count). The van der Waals surface area contributed by atoms with Crippen LogP contribution in [0.5, 0.6) is 5.88 Å². The topological polar surface area (TPSA) is 103 Å². The molecule has 0 bridgehead atoms. The zero-order chi connectivity index (χ0) is 18.0. The number of rotatable bonds is 5. The van der Waals surface area contributed by atoms with E-state index in [1.165, 1.54) is 6.33 Å². The van der Waals surface area contributed by atoms with Crippen LogP contribution in [0.15, 0.2) is 36.7 Å². The quantitative estimate of drug-likeness (QED) is 0.557. The Kier molecular flexibility index (Phi) is 4.42. The van der Waals surface area contributed by atoms with Crippen molar-refractivity contribution in [3.8, 4) is 5.88 Å². The molecule has 0 aliphatic heterocycles. The number of fused-ring (bicyclic) bond motifs is 1. The second kappa shape index (κ2) is 6.68. The predicted molar refractivity (Wildman–Crippen MR) is 94.2 cm³/mol. The fourth-order valence-electron chi connectivity index (χ4n) is 2.42. The van der Waals surface area contributed by atoms with Gasteiger partial charge in [0.05, 0.1) is 16.5 Å². The van der Waals surface area contributed by atoms with E-state index in [1.54, 1.807) is 13.8 Å². The highest BCUT2D eigenvalue weighted by molar-refractivity contribution is 5.93. The van der Waals surface area contributed by atoms with Crippen LogP contribution in [0.2, 0.25) is 0 Å². The average molecular weight is 339 g/mol. The number of aryl methyl sites for hydroxylation is 1. The maximum atomic E-state index is 11.5. The van der Waals surface area contributed by atoms with Crippen LogP contribution in [0.1, 0.15) is 19.5 Å². The largest absolute Gasteiger partial charge is 0.470 e. The molecule has 0 saturated heterocycles. The monoisotopic (exact) mass is 339 g/mol. The Morgan fingerprint density at radius 3 is 2.72 bits per heavy atom. The van der Waals surface area contributed by atoms with Crippen molar-refractivity contribution in [1.29, 1.82) is 0 Å². The lowest BCUT2D eigenvalue weighted by Crippen LogP contribution is -2.11. The Bertz CT molecular complexity index is 943. The molecule has 128 valence electrons. The number of nitro groups is 1. The van der Waals surface area contributed by atoms with E-state index in [0.29, 0.717) is 5.69 Å². The molecule has 1 aromatic carbocycles. The van der Waals surface area contributed by atoms with Gasteiger partial charge in [0.2, 0.25) is 5.82 Å². The van der Waals surface area contributed by atoms with E-state index in [1.807, 2.05) is 37.3 Å². The van der Waals surface area contributed by atoms with Crippen LogP contribution in [0.4, 0.5) is 17.2 Å². The number of nitrogens with one attached hydrogen (secondary N) is 1. The molecule has 0 saturated carbocycles. The summed E-state index contributed by atoms with van der Waals surface area (Å²) in [5.74, 6) is 0.00966. The fourth-order valence-corrected chi connectivity index (χ4v) is 2.42. The molecule has 0 spiro atoms. The maximum Gasteiger partial charge on any atom is 0.373 e. The molecular weight excluding hydrogens is 322 g/mol. The van der Waals surface area contributed by atoms with Crippen molar-refractivity contribution in [3.63, 3.8) is 0 Å². The summed E-state index contributed by atoms with van der Waals surface area (Å²) in [6.07, 6.45) is 0.992. The first kappa shape index (κ1) is 16.6. The lowest BCUT2D eigenvalue weighted by molar-refractivity contribution is -0.385. The van der Waals surface area contributed by atoms with Gasteiger partial charge in [0.25, 0.3) is 5.88 Å². The second-order valence-electron chi connectivity index (χ2n) is 5.75. The lowest BCUT2D eigenvalue weighted by Gasteiger charge is -2.12. The van der Waals surface area contributed by atoms with Gasteiger partial charge in [-0.3, -0.25) is 15.1 Å². The molecule has 3 aromatic rings. The molecule has 8 heteroatoms. The normalized spacial score (nSPS) is 10.9. The van der Waals surface area contributed by atoms with Gasteiger partial charge in [-0.1, -0.05) is 6.07 Å². The third-order valence-corrected chi connectivity index (χ3v) is 3.44. The Morgan fingerprint density at radius 1 is 1.20 bits per heavy atom. The highest BCUT2D eigenvalue weighted by atomic mass is 16.6. The summed E-state index contributed by atoms with van der Waals surface area (Å²) in [4.78, 5) is 23.3. The molecule has 2 heterocycles. The van der Waals surface area contributed by atoms with Gasteiger partial charge in [-0.2, -0.15) is 4.98 Å². The highest BCUT2D eigenvalue weighted by Gasteiger charge is 2.25. The number of hydrogen-bond acceptors (Lipinski definition) is 7. The van der Waals surface area contributed by atoms with Crippen molar-refractivity contribution in [2.75, 3.05) is 5.32 Å². The van der Waals surface area contributed by atoms with Crippen molar-refractivity contribution in [2.45, 2.75) is 26.9 Å². The van der Waals surface area contributed by atoms with Gasteiger partial charge >= 0.3 is 5.69 Å². The molecule has 8 nitrogen and oxygen atoms in total.